The molecule has 3 heterocycles. The van der Waals surface area contributed by atoms with Crippen molar-refractivity contribution in [2.24, 2.45) is 5.73 Å². The molecule has 1 aliphatic heterocycles. The number of carbonyl (C=O) groups excluding carboxylic acids is 1. The number of aromatic amines is 1. The van der Waals surface area contributed by atoms with Crippen LogP contribution in [0, 0.1) is 0 Å². The lowest BCUT2D eigenvalue weighted by Gasteiger charge is -2.24. The molecule has 0 bridgehead atoms. The summed E-state index contributed by atoms with van der Waals surface area (Å²) in [5.74, 6) is 0.889. The van der Waals surface area contributed by atoms with Gasteiger partial charge in [0.25, 0.3) is 5.91 Å². The van der Waals surface area contributed by atoms with Crippen LogP contribution in [0.1, 0.15) is 28.2 Å². The fraction of sp³-hybridized carbons (Fsp3) is 0.286. The number of imidazole rings is 1. The third-order valence-electron chi connectivity index (χ3n) is 6.49. The van der Waals surface area contributed by atoms with Crippen molar-refractivity contribution in [2.45, 2.75) is 25.6 Å². The van der Waals surface area contributed by atoms with E-state index in [-0.39, 0.29) is 0 Å². The number of para-hydroxylation sites is 1. The number of likely N-dealkylation sites (N-methyl/N-ethyl adjacent to an activating group) is 1. The van der Waals surface area contributed by atoms with Crippen LogP contribution in [0.2, 0.25) is 0 Å². The zero-order valence-electron chi connectivity index (χ0n) is 21.1. The van der Waals surface area contributed by atoms with Gasteiger partial charge in [0.05, 0.1) is 17.1 Å². The standard InChI is InChI=1S/C28H32N6O3/c1-32(2)16-7-11-24(35)33-17-6-10-22-23(18-33)34-28(30-22)25(27(29)36)26(31-34)19-12-14-21(15-13-19)37-20-8-4-3-5-9-20/h3-5,7-9,11-15,24,31,35H,6,10,16-18H2,1-2H3,(H2,29,36)/b11-7+. The maximum Gasteiger partial charge on any atom is 0.254 e. The number of H-pyrrole nitrogens is 1. The van der Waals surface area contributed by atoms with Gasteiger partial charge in [-0.15, -0.1) is 0 Å². The second kappa shape index (κ2) is 10.6. The molecule has 192 valence electrons. The average Bonchev–Trinajstić information content (AvgIpc) is 3.32. The largest absolute Gasteiger partial charge is 0.457 e. The number of fused-ring (bicyclic) bond motifs is 3. The molecule has 1 aliphatic rings. The lowest BCUT2D eigenvalue weighted by Crippen LogP contribution is -2.34. The summed E-state index contributed by atoms with van der Waals surface area (Å²) in [6.45, 7) is 1.99. The number of benzene rings is 2. The highest BCUT2D eigenvalue weighted by Crippen LogP contribution is 2.31. The summed E-state index contributed by atoms with van der Waals surface area (Å²) in [6, 6.07) is 17.0. The van der Waals surface area contributed by atoms with Crippen LogP contribution in [0.4, 0.5) is 0 Å². The number of nitrogens with one attached hydrogen (secondary N) is 1. The van der Waals surface area contributed by atoms with Crippen LogP contribution in [0.3, 0.4) is 0 Å². The summed E-state index contributed by atoms with van der Waals surface area (Å²) in [7, 11) is 3.97. The Morgan fingerprint density at radius 3 is 2.62 bits per heavy atom. The zero-order valence-corrected chi connectivity index (χ0v) is 21.1. The van der Waals surface area contributed by atoms with Crippen molar-refractivity contribution >= 4 is 11.6 Å². The molecule has 2 aromatic carbocycles. The van der Waals surface area contributed by atoms with Gasteiger partial charge >= 0.3 is 0 Å². The molecular formula is C28H32N6O3. The number of aromatic nitrogens is 3. The number of aliphatic hydroxyl groups excluding tert-OH is 1. The number of aliphatic hydroxyl groups is 1. The van der Waals surface area contributed by atoms with Crippen molar-refractivity contribution in [3.63, 3.8) is 0 Å². The monoisotopic (exact) mass is 500 g/mol. The Morgan fingerprint density at radius 2 is 1.92 bits per heavy atom. The zero-order chi connectivity index (χ0) is 25.9. The molecule has 0 saturated carbocycles. The second-order valence-electron chi connectivity index (χ2n) is 9.51. The number of nitrogens with two attached hydrogens (primary N) is 1. The SMILES string of the molecule is CN(C)C/C=C/C(O)N1CCCc2nc3c(C(N)=O)c(-c4ccc(Oc5ccccc5)cc4)[nH]n3c2C1. The molecule has 1 atom stereocenters. The minimum Gasteiger partial charge on any atom is -0.457 e. The van der Waals surface area contributed by atoms with Gasteiger partial charge in [0, 0.05) is 25.2 Å². The van der Waals surface area contributed by atoms with Crippen molar-refractivity contribution < 1.29 is 14.6 Å². The quantitative estimate of drug-likeness (QED) is 0.320. The molecule has 37 heavy (non-hydrogen) atoms. The van der Waals surface area contributed by atoms with E-state index in [0.29, 0.717) is 29.2 Å². The number of nitrogens with zero attached hydrogens (tertiary/aromatic N) is 4. The van der Waals surface area contributed by atoms with E-state index in [9.17, 15) is 9.90 Å². The van der Waals surface area contributed by atoms with E-state index in [1.807, 2.05) is 95.2 Å². The van der Waals surface area contributed by atoms with Crippen molar-refractivity contribution in [1.82, 2.24) is 24.4 Å². The van der Waals surface area contributed by atoms with Crippen molar-refractivity contribution in [3.05, 3.63) is 83.7 Å². The molecule has 0 spiro atoms. The Labute approximate surface area is 215 Å². The summed E-state index contributed by atoms with van der Waals surface area (Å²) >= 11 is 0. The third-order valence-corrected chi connectivity index (χ3v) is 6.49. The van der Waals surface area contributed by atoms with Crippen LogP contribution in [0.5, 0.6) is 11.5 Å². The van der Waals surface area contributed by atoms with E-state index in [4.69, 9.17) is 15.5 Å². The van der Waals surface area contributed by atoms with Crippen LogP contribution in [0.25, 0.3) is 16.9 Å². The van der Waals surface area contributed by atoms with Crippen molar-refractivity contribution in [3.8, 4) is 22.8 Å². The minimum absolute atomic E-state index is 0.350. The predicted octanol–water partition coefficient (Wildman–Crippen LogP) is 3.41. The Hall–Kier alpha value is -3.92. The number of carbonyl (C=O) groups is 1. The van der Waals surface area contributed by atoms with Gasteiger partial charge in [-0.05, 0) is 69.4 Å². The number of amides is 1. The predicted molar refractivity (Wildman–Crippen MR) is 142 cm³/mol. The molecular weight excluding hydrogens is 468 g/mol. The molecule has 4 N–H and O–H groups in total. The van der Waals surface area contributed by atoms with E-state index in [0.717, 1.165) is 48.6 Å². The van der Waals surface area contributed by atoms with Crippen LogP contribution < -0.4 is 10.5 Å². The van der Waals surface area contributed by atoms with E-state index >= 15 is 0 Å². The molecule has 2 aromatic heterocycles. The molecule has 5 rings (SSSR count). The van der Waals surface area contributed by atoms with E-state index < -0.39 is 12.1 Å². The topological polar surface area (TPSA) is 112 Å². The number of hydrogen-bond donors (Lipinski definition) is 3. The highest BCUT2D eigenvalue weighted by molar-refractivity contribution is 6.04. The highest BCUT2D eigenvalue weighted by Gasteiger charge is 2.28. The van der Waals surface area contributed by atoms with Gasteiger partial charge in [-0.25, -0.2) is 9.50 Å². The van der Waals surface area contributed by atoms with Gasteiger partial charge in [0.1, 0.15) is 23.3 Å². The lowest BCUT2D eigenvalue weighted by atomic mass is 10.1. The number of hydrogen-bond acceptors (Lipinski definition) is 6. The van der Waals surface area contributed by atoms with Crippen LogP contribution in [-0.2, 0) is 13.0 Å². The Morgan fingerprint density at radius 1 is 1.19 bits per heavy atom. The fourth-order valence-corrected chi connectivity index (χ4v) is 4.65. The first kappa shape index (κ1) is 24.8. The van der Waals surface area contributed by atoms with Gasteiger partial charge in [-0.3, -0.25) is 14.8 Å². The second-order valence-corrected chi connectivity index (χ2v) is 9.51. The fourth-order valence-electron chi connectivity index (χ4n) is 4.65. The highest BCUT2D eigenvalue weighted by atomic mass is 16.5. The van der Waals surface area contributed by atoms with Gasteiger partial charge in [-0.2, -0.15) is 0 Å². The maximum absolute atomic E-state index is 12.6. The number of aryl methyl sites for hydroxylation is 1. The van der Waals surface area contributed by atoms with Crippen LogP contribution >= 0.6 is 0 Å². The first-order chi connectivity index (χ1) is 17.9. The van der Waals surface area contributed by atoms with E-state index in [2.05, 4.69) is 5.10 Å². The van der Waals surface area contributed by atoms with Crippen LogP contribution in [0.15, 0.2) is 66.7 Å². The Balaban J connectivity index is 1.45. The molecule has 1 unspecified atom stereocenters. The van der Waals surface area contributed by atoms with Crippen molar-refractivity contribution in [1.29, 1.82) is 0 Å². The summed E-state index contributed by atoms with van der Waals surface area (Å²) in [5.41, 5.74) is 9.94. The molecule has 1 amide bonds. The van der Waals surface area contributed by atoms with Gasteiger partial charge < -0.3 is 20.5 Å². The Kier molecular flexibility index (Phi) is 7.09. The average molecular weight is 501 g/mol. The van der Waals surface area contributed by atoms with Crippen molar-refractivity contribution in [2.75, 3.05) is 27.2 Å². The minimum atomic E-state index is -0.710. The van der Waals surface area contributed by atoms with Gasteiger partial charge in [0.15, 0.2) is 5.65 Å². The summed E-state index contributed by atoms with van der Waals surface area (Å²) in [5, 5.41) is 14.2. The molecule has 4 aromatic rings. The third kappa shape index (κ3) is 5.29. The van der Waals surface area contributed by atoms with Gasteiger partial charge in [-0.1, -0.05) is 24.3 Å². The molecule has 0 aliphatic carbocycles. The molecule has 9 heteroatoms. The maximum atomic E-state index is 12.6. The van der Waals surface area contributed by atoms with E-state index in [1.54, 1.807) is 0 Å². The summed E-state index contributed by atoms with van der Waals surface area (Å²) in [4.78, 5) is 21.4. The molecule has 0 radical (unpaired) electrons. The molecule has 0 fully saturated rings. The number of rotatable bonds is 8. The van der Waals surface area contributed by atoms with E-state index in [1.165, 1.54) is 0 Å². The number of ether oxygens (including phenoxy) is 1. The van der Waals surface area contributed by atoms with Crippen LogP contribution in [-0.4, -0.2) is 68.8 Å². The Bertz CT molecular complexity index is 1410. The first-order valence-corrected chi connectivity index (χ1v) is 12.4. The first-order valence-electron chi connectivity index (χ1n) is 12.4. The van der Waals surface area contributed by atoms with Gasteiger partial charge in [0.2, 0.25) is 0 Å². The normalized spacial score (nSPS) is 15.2. The molecule has 9 nitrogen and oxygen atoms in total. The number of primary amides is 1. The molecule has 0 saturated heterocycles. The summed E-state index contributed by atoms with van der Waals surface area (Å²) in [6.07, 6.45) is 4.68. The smallest absolute Gasteiger partial charge is 0.254 e. The summed E-state index contributed by atoms with van der Waals surface area (Å²) < 4.78 is 7.74. The lowest BCUT2D eigenvalue weighted by molar-refractivity contribution is 0.0353.